The van der Waals surface area contributed by atoms with Crippen LogP contribution in [-0.2, 0) is 6.18 Å². The van der Waals surface area contributed by atoms with E-state index in [1.165, 1.54) is 19.1 Å². The van der Waals surface area contributed by atoms with Gasteiger partial charge < -0.3 is 10.2 Å². The van der Waals surface area contributed by atoms with E-state index in [9.17, 15) is 22.8 Å². The third-order valence-corrected chi connectivity index (χ3v) is 6.13. The molecule has 1 fully saturated rings. The zero-order chi connectivity index (χ0) is 24.7. The SMILES string of the molecule is Cc1nc2c(-c3ccccc3)c(C(F)(F)F)[nH]n2c(=O)c1C(=O)Nc1ccccc1N1CCCC1. The van der Waals surface area contributed by atoms with Crippen LogP contribution in [0.15, 0.2) is 59.4 Å². The van der Waals surface area contributed by atoms with Gasteiger partial charge in [0, 0.05) is 13.1 Å². The van der Waals surface area contributed by atoms with Gasteiger partial charge in [-0.1, -0.05) is 42.5 Å². The van der Waals surface area contributed by atoms with Gasteiger partial charge in [0.15, 0.2) is 5.65 Å². The highest BCUT2D eigenvalue weighted by Gasteiger charge is 2.38. The number of halogens is 3. The molecule has 0 aliphatic carbocycles. The maximum Gasteiger partial charge on any atom is 0.433 e. The number of hydrogen-bond donors (Lipinski definition) is 2. The molecule has 4 aromatic rings. The topological polar surface area (TPSA) is 82.5 Å². The standard InChI is InChI=1S/C25H22F3N5O2/c1-15-19(23(34)30-17-11-5-6-12-18(17)32-13-7-8-14-32)24(35)33-22(29-15)20(16-9-3-2-4-10-16)21(31-33)25(26,27)28/h2-6,9-12,31H,7-8,13-14H2,1H3,(H,30,34). The van der Waals surface area contributed by atoms with E-state index in [-0.39, 0.29) is 28.0 Å². The molecule has 1 aliphatic heterocycles. The Balaban J connectivity index is 1.62. The van der Waals surface area contributed by atoms with Crippen molar-refractivity contribution in [3.63, 3.8) is 0 Å². The zero-order valence-electron chi connectivity index (χ0n) is 18.8. The summed E-state index contributed by atoms with van der Waals surface area (Å²) >= 11 is 0. The summed E-state index contributed by atoms with van der Waals surface area (Å²) < 4.78 is 42.3. The molecule has 3 heterocycles. The number of H-pyrrole nitrogens is 1. The van der Waals surface area contributed by atoms with E-state index in [1.54, 1.807) is 30.3 Å². The van der Waals surface area contributed by atoms with Crippen LogP contribution in [0.2, 0.25) is 0 Å². The van der Waals surface area contributed by atoms with Crippen molar-refractivity contribution in [2.45, 2.75) is 25.9 Å². The fraction of sp³-hybridized carbons (Fsp3) is 0.240. The van der Waals surface area contributed by atoms with Gasteiger partial charge in [-0.05, 0) is 37.5 Å². The van der Waals surface area contributed by atoms with Crippen molar-refractivity contribution in [1.29, 1.82) is 0 Å². The van der Waals surface area contributed by atoms with Crippen molar-refractivity contribution in [1.82, 2.24) is 14.6 Å². The maximum absolute atomic E-state index is 13.9. The third kappa shape index (κ3) is 4.05. The van der Waals surface area contributed by atoms with Crippen LogP contribution in [-0.4, -0.2) is 33.6 Å². The van der Waals surface area contributed by atoms with E-state index >= 15 is 0 Å². The number of fused-ring (bicyclic) bond motifs is 1. The first-order valence-electron chi connectivity index (χ1n) is 11.2. The molecule has 5 rings (SSSR count). The number of benzene rings is 2. The predicted molar refractivity (Wildman–Crippen MR) is 127 cm³/mol. The fourth-order valence-electron chi connectivity index (χ4n) is 4.52. The second-order valence-electron chi connectivity index (χ2n) is 8.43. The smallest absolute Gasteiger partial charge is 0.370 e. The Morgan fingerprint density at radius 1 is 1.03 bits per heavy atom. The summed E-state index contributed by atoms with van der Waals surface area (Å²) in [5.74, 6) is -0.731. The van der Waals surface area contributed by atoms with Gasteiger partial charge in [0.05, 0.1) is 22.6 Å². The van der Waals surface area contributed by atoms with Crippen LogP contribution in [0.3, 0.4) is 0 Å². The lowest BCUT2D eigenvalue weighted by atomic mass is 10.1. The van der Waals surface area contributed by atoms with Gasteiger partial charge in [-0.3, -0.25) is 14.7 Å². The molecular weight excluding hydrogens is 459 g/mol. The highest BCUT2D eigenvalue weighted by Crippen LogP contribution is 2.38. The van der Waals surface area contributed by atoms with Crippen LogP contribution in [0, 0.1) is 6.92 Å². The molecule has 1 amide bonds. The van der Waals surface area contributed by atoms with E-state index < -0.39 is 23.3 Å². The van der Waals surface area contributed by atoms with Gasteiger partial charge in [0.1, 0.15) is 11.3 Å². The van der Waals surface area contributed by atoms with Crippen molar-refractivity contribution < 1.29 is 18.0 Å². The Labute approximate surface area is 198 Å². The normalized spacial score (nSPS) is 14.0. The number of carbonyl (C=O) groups is 1. The summed E-state index contributed by atoms with van der Waals surface area (Å²) in [4.78, 5) is 32.9. The number of nitrogens with one attached hydrogen (secondary N) is 2. The third-order valence-electron chi connectivity index (χ3n) is 6.13. The summed E-state index contributed by atoms with van der Waals surface area (Å²) in [6.07, 6.45) is -2.68. The van der Waals surface area contributed by atoms with Crippen molar-refractivity contribution >= 4 is 22.9 Å². The molecule has 180 valence electrons. The molecule has 0 radical (unpaired) electrons. The molecule has 2 aromatic heterocycles. The lowest BCUT2D eigenvalue weighted by molar-refractivity contribution is -0.140. The molecule has 0 atom stereocenters. The Bertz CT molecular complexity index is 1470. The van der Waals surface area contributed by atoms with Gasteiger partial charge in [-0.2, -0.15) is 17.7 Å². The van der Waals surface area contributed by atoms with E-state index in [1.807, 2.05) is 12.1 Å². The minimum Gasteiger partial charge on any atom is -0.370 e. The molecule has 0 bridgehead atoms. The lowest BCUT2D eigenvalue weighted by Gasteiger charge is -2.21. The van der Waals surface area contributed by atoms with Gasteiger partial charge in [0.2, 0.25) is 0 Å². The molecule has 1 saturated heterocycles. The minimum atomic E-state index is -4.77. The lowest BCUT2D eigenvalue weighted by Crippen LogP contribution is -2.29. The second-order valence-corrected chi connectivity index (χ2v) is 8.43. The first kappa shape index (κ1) is 22.7. The number of aryl methyl sites for hydroxylation is 1. The number of anilines is 2. The number of nitrogens with zero attached hydrogens (tertiary/aromatic N) is 3. The van der Waals surface area contributed by atoms with Crippen LogP contribution in [0.4, 0.5) is 24.5 Å². The van der Waals surface area contributed by atoms with E-state index in [4.69, 9.17) is 0 Å². The zero-order valence-corrected chi connectivity index (χ0v) is 18.8. The number of hydrogen-bond acceptors (Lipinski definition) is 4. The Hall–Kier alpha value is -4.08. The van der Waals surface area contributed by atoms with Gasteiger partial charge in [-0.25, -0.2) is 4.98 Å². The number of amides is 1. The molecule has 2 N–H and O–H groups in total. The fourth-order valence-corrected chi connectivity index (χ4v) is 4.52. The number of aromatic nitrogens is 3. The van der Waals surface area contributed by atoms with Crippen LogP contribution in [0.1, 0.15) is 34.6 Å². The molecule has 0 spiro atoms. The summed E-state index contributed by atoms with van der Waals surface area (Å²) in [6.45, 7) is 3.15. The van der Waals surface area contributed by atoms with Crippen LogP contribution < -0.4 is 15.8 Å². The maximum atomic E-state index is 13.9. The molecule has 1 aliphatic rings. The van der Waals surface area contributed by atoms with Crippen molar-refractivity contribution in [2.75, 3.05) is 23.3 Å². The van der Waals surface area contributed by atoms with Crippen LogP contribution >= 0.6 is 0 Å². The van der Waals surface area contributed by atoms with Crippen molar-refractivity contribution in [2.24, 2.45) is 0 Å². The van der Waals surface area contributed by atoms with Crippen LogP contribution in [0.25, 0.3) is 16.8 Å². The summed E-state index contributed by atoms with van der Waals surface area (Å²) in [7, 11) is 0. The molecule has 2 aromatic carbocycles. The van der Waals surface area contributed by atoms with E-state index in [2.05, 4.69) is 20.3 Å². The van der Waals surface area contributed by atoms with Crippen molar-refractivity contribution in [3.8, 4) is 11.1 Å². The minimum absolute atomic E-state index is 0.0380. The molecule has 10 heteroatoms. The summed E-state index contributed by atoms with van der Waals surface area (Å²) in [6, 6.07) is 15.1. The number of rotatable bonds is 4. The molecule has 0 saturated carbocycles. The molecule has 7 nitrogen and oxygen atoms in total. The molecule has 0 unspecified atom stereocenters. The second kappa shape index (κ2) is 8.61. The predicted octanol–water partition coefficient (Wildman–Crippen LogP) is 4.87. The van der Waals surface area contributed by atoms with Gasteiger partial charge in [0.25, 0.3) is 11.5 Å². The Morgan fingerprint density at radius 3 is 2.37 bits per heavy atom. The quantitative estimate of drug-likeness (QED) is 0.436. The molecular formula is C25H22F3N5O2. The highest BCUT2D eigenvalue weighted by atomic mass is 19.4. The number of aromatic amines is 1. The monoisotopic (exact) mass is 481 g/mol. The van der Waals surface area contributed by atoms with Crippen molar-refractivity contribution in [3.05, 3.63) is 81.9 Å². The molecule has 35 heavy (non-hydrogen) atoms. The number of para-hydroxylation sites is 2. The van der Waals surface area contributed by atoms with Gasteiger partial charge >= 0.3 is 6.18 Å². The number of carbonyl (C=O) groups excluding carboxylic acids is 1. The van der Waals surface area contributed by atoms with Gasteiger partial charge in [-0.15, -0.1) is 0 Å². The number of alkyl halides is 3. The average Bonchev–Trinajstić information content (AvgIpc) is 3.48. The Morgan fingerprint density at radius 2 is 1.69 bits per heavy atom. The largest absolute Gasteiger partial charge is 0.433 e. The highest BCUT2D eigenvalue weighted by molar-refractivity contribution is 6.06. The Kier molecular flexibility index (Phi) is 5.58. The first-order valence-corrected chi connectivity index (χ1v) is 11.2. The summed E-state index contributed by atoms with van der Waals surface area (Å²) in [5.41, 5.74) is -1.14. The summed E-state index contributed by atoms with van der Waals surface area (Å²) in [5, 5.41) is 4.91. The van der Waals surface area contributed by atoms with Crippen LogP contribution in [0.5, 0.6) is 0 Å². The van der Waals surface area contributed by atoms with E-state index in [0.29, 0.717) is 10.2 Å². The average molecular weight is 481 g/mol. The first-order chi connectivity index (χ1) is 16.8. The van der Waals surface area contributed by atoms with E-state index in [0.717, 1.165) is 31.6 Å².